The SMILES string of the molecule is CC(CNC(=O)CNC(c1ccccc1)C(F)(F)F)c1nc2ccccc2s1. The van der Waals surface area contributed by atoms with Crippen LogP contribution in [0.4, 0.5) is 13.2 Å². The Morgan fingerprint density at radius 2 is 1.79 bits per heavy atom. The molecular weight excluding hydrogens is 387 g/mol. The molecule has 28 heavy (non-hydrogen) atoms. The van der Waals surface area contributed by atoms with Crippen LogP contribution in [0.1, 0.15) is 29.5 Å². The van der Waals surface area contributed by atoms with E-state index in [2.05, 4.69) is 15.6 Å². The van der Waals surface area contributed by atoms with E-state index in [1.54, 1.807) is 17.4 Å². The van der Waals surface area contributed by atoms with Crippen molar-refractivity contribution in [1.29, 1.82) is 0 Å². The van der Waals surface area contributed by atoms with Crippen LogP contribution in [0.15, 0.2) is 54.6 Å². The summed E-state index contributed by atoms with van der Waals surface area (Å²) in [5.74, 6) is -0.521. The van der Waals surface area contributed by atoms with E-state index in [0.717, 1.165) is 15.2 Å². The van der Waals surface area contributed by atoms with Gasteiger partial charge in [-0.2, -0.15) is 13.2 Å². The topological polar surface area (TPSA) is 54.0 Å². The number of aromatic nitrogens is 1. The van der Waals surface area contributed by atoms with Gasteiger partial charge in [0.15, 0.2) is 0 Å². The van der Waals surface area contributed by atoms with Crippen LogP contribution in [0.5, 0.6) is 0 Å². The number of para-hydroxylation sites is 1. The molecule has 3 rings (SSSR count). The molecule has 3 aromatic rings. The molecule has 0 aliphatic rings. The first-order chi connectivity index (χ1) is 13.3. The van der Waals surface area contributed by atoms with E-state index in [0.29, 0.717) is 6.54 Å². The fourth-order valence-electron chi connectivity index (χ4n) is 2.78. The van der Waals surface area contributed by atoms with Crippen molar-refractivity contribution in [3.8, 4) is 0 Å². The van der Waals surface area contributed by atoms with Crippen LogP contribution in [-0.4, -0.2) is 30.2 Å². The molecule has 0 bridgehead atoms. The third-order valence-corrected chi connectivity index (χ3v) is 5.53. The minimum absolute atomic E-state index is 0.0334. The number of hydrogen-bond acceptors (Lipinski definition) is 4. The van der Waals surface area contributed by atoms with Crippen molar-refractivity contribution in [2.45, 2.75) is 25.1 Å². The van der Waals surface area contributed by atoms with E-state index >= 15 is 0 Å². The third kappa shape index (κ3) is 5.08. The van der Waals surface area contributed by atoms with Crippen LogP contribution in [0, 0.1) is 0 Å². The molecule has 1 aromatic heterocycles. The third-order valence-electron chi connectivity index (χ3n) is 4.26. The van der Waals surface area contributed by atoms with Crippen molar-refractivity contribution in [2.75, 3.05) is 13.1 Å². The maximum Gasteiger partial charge on any atom is 0.407 e. The quantitative estimate of drug-likeness (QED) is 0.610. The first kappa shape index (κ1) is 20.3. The van der Waals surface area contributed by atoms with E-state index in [1.807, 2.05) is 31.2 Å². The summed E-state index contributed by atoms with van der Waals surface area (Å²) in [4.78, 5) is 16.6. The Hall–Kier alpha value is -2.45. The van der Waals surface area contributed by atoms with Gasteiger partial charge in [-0.3, -0.25) is 10.1 Å². The largest absolute Gasteiger partial charge is 0.407 e. The van der Waals surface area contributed by atoms with Crippen molar-refractivity contribution in [3.05, 3.63) is 65.2 Å². The number of rotatable bonds is 7. The highest BCUT2D eigenvalue weighted by molar-refractivity contribution is 7.18. The first-order valence-corrected chi connectivity index (χ1v) is 9.63. The van der Waals surface area contributed by atoms with E-state index in [9.17, 15) is 18.0 Å². The van der Waals surface area contributed by atoms with Crippen LogP contribution >= 0.6 is 11.3 Å². The Labute approximate surface area is 164 Å². The molecule has 0 saturated carbocycles. The zero-order chi connectivity index (χ0) is 20.1. The average Bonchev–Trinajstić information content (AvgIpc) is 3.10. The zero-order valence-electron chi connectivity index (χ0n) is 15.2. The highest BCUT2D eigenvalue weighted by Crippen LogP contribution is 2.32. The second-order valence-electron chi connectivity index (χ2n) is 6.49. The maximum atomic E-state index is 13.3. The Balaban J connectivity index is 1.54. The van der Waals surface area contributed by atoms with Gasteiger partial charge in [0.2, 0.25) is 5.91 Å². The summed E-state index contributed by atoms with van der Waals surface area (Å²) < 4.78 is 40.9. The van der Waals surface area contributed by atoms with E-state index in [-0.39, 0.29) is 11.5 Å². The van der Waals surface area contributed by atoms with Gasteiger partial charge in [-0.25, -0.2) is 4.98 Å². The summed E-state index contributed by atoms with van der Waals surface area (Å²) in [5, 5.41) is 5.87. The highest BCUT2D eigenvalue weighted by Gasteiger charge is 2.40. The number of alkyl halides is 3. The highest BCUT2D eigenvalue weighted by atomic mass is 32.1. The van der Waals surface area contributed by atoms with Crippen LogP contribution in [0.2, 0.25) is 0 Å². The Kier molecular flexibility index (Phi) is 6.31. The number of nitrogens with zero attached hydrogens (tertiary/aromatic N) is 1. The van der Waals surface area contributed by atoms with Crippen molar-refractivity contribution in [3.63, 3.8) is 0 Å². The number of amides is 1. The fraction of sp³-hybridized carbons (Fsp3) is 0.300. The number of halogens is 3. The smallest absolute Gasteiger partial charge is 0.354 e. The van der Waals surface area contributed by atoms with Gasteiger partial charge in [-0.1, -0.05) is 49.4 Å². The molecule has 0 spiro atoms. The molecule has 1 amide bonds. The number of benzene rings is 2. The summed E-state index contributed by atoms with van der Waals surface area (Å²) in [7, 11) is 0. The molecule has 2 unspecified atom stereocenters. The van der Waals surface area contributed by atoms with E-state index < -0.39 is 24.7 Å². The Morgan fingerprint density at radius 1 is 1.11 bits per heavy atom. The average molecular weight is 407 g/mol. The minimum atomic E-state index is -4.49. The van der Waals surface area contributed by atoms with Gasteiger partial charge in [-0.05, 0) is 17.7 Å². The van der Waals surface area contributed by atoms with E-state index in [4.69, 9.17) is 0 Å². The Bertz CT molecular complexity index is 894. The van der Waals surface area contributed by atoms with Crippen LogP contribution in [0.25, 0.3) is 10.2 Å². The predicted molar refractivity (Wildman–Crippen MR) is 104 cm³/mol. The number of fused-ring (bicyclic) bond motifs is 1. The van der Waals surface area contributed by atoms with Crippen LogP contribution in [-0.2, 0) is 4.79 Å². The van der Waals surface area contributed by atoms with Crippen molar-refractivity contribution in [1.82, 2.24) is 15.6 Å². The Morgan fingerprint density at radius 3 is 2.46 bits per heavy atom. The summed E-state index contributed by atoms with van der Waals surface area (Å²) in [5.41, 5.74) is 0.976. The minimum Gasteiger partial charge on any atom is -0.354 e. The molecule has 0 aliphatic heterocycles. The molecule has 2 atom stereocenters. The lowest BCUT2D eigenvalue weighted by molar-refractivity contribution is -0.158. The molecule has 4 nitrogen and oxygen atoms in total. The molecule has 8 heteroatoms. The molecule has 2 aromatic carbocycles. The number of hydrogen-bond donors (Lipinski definition) is 2. The lowest BCUT2D eigenvalue weighted by atomic mass is 10.1. The van der Waals surface area contributed by atoms with Crippen molar-refractivity contribution >= 4 is 27.5 Å². The number of nitrogens with one attached hydrogen (secondary N) is 2. The molecule has 0 radical (unpaired) electrons. The summed E-state index contributed by atoms with van der Waals surface area (Å²) in [6, 6.07) is 13.4. The molecule has 0 fully saturated rings. The van der Waals surface area contributed by atoms with Gasteiger partial charge in [0.25, 0.3) is 0 Å². The molecule has 1 heterocycles. The molecular formula is C20H20F3N3OS. The second-order valence-corrected chi connectivity index (χ2v) is 7.55. The standard InChI is InChI=1S/C20H20F3N3OS/c1-13(19-26-15-9-5-6-10-16(15)28-19)11-24-17(27)12-25-18(20(21,22)23)14-7-3-2-4-8-14/h2-10,13,18,25H,11-12H2,1H3,(H,24,27). The number of thiazole rings is 1. The van der Waals surface area contributed by atoms with Crippen molar-refractivity contribution < 1.29 is 18.0 Å². The molecule has 0 saturated heterocycles. The zero-order valence-corrected chi connectivity index (χ0v) is 16.0. The van der Waals surface area contributed by atoms with Crippen LogP contribution < -0.4 is 10.6 Å². The van der Waals surface area contributed by atoms with Gasteiger partial charge in [0, 0.05) is 12.5 Å². The second kappa shape index (κ2) is 8.70. The van der Waals surface area contributed by atoms with Gasteiger partial charge < -0.3 is 5.32 Å². The normalized spacial score (nSPS) is 14.0. The number of carbonyl (C=O) groups excluding carboxylic acids is 1. The molecule has 2 N–H and O–H groups in total. The van der Waals surface area contributed by atoms with Gasteiger partial charge in [0.1, 0.15) is 6.04 Å². The predicted octanol–water partition coefficient (Wildman–Crippen LogP) is 4.41. The number of carbonyl (C=O) groups is 1. The summed E-state index contributed by atoms with van der Waals surface area (Å²) >= 11 is 1.55. The maximum absolute atomic E-state index is 13.3. The van der Waals surface area contributed by atoms with Gasteiger partial charge >= 0.3 is 6.18 Å². The molecule has 148 valence electrons. The lowest BCUT2D eigenvalue weighted by Gasteiger charge is -2.22. The van der Waals surface area contributed by atoms with Gasteiger partial charge in [0.05, 0.1) is 21.8 Å². The summed E-state index contributed by atoms with van der Waals surface area (Å²) in [6.07, 6.45) is -4.49. The van der Waals surface area contributed by atoms with Crippen molar-refractivity contribution in [2.24, 2.45) is 0 Å². The molecule has 0 aliphatic carbocycles. The summed E-state index contributed by atoms with van der Waals surface area (Å²) in [6.45, 7) is 1.81. The first-order valence-electron chi connectivity index (χ1n) is 8.82. The van der Waals surface area contributed by atoms with Gasteiger partial charge in [-0.15, -0.1) is 11.3 Å². The van der Waals surface area contributed by atoms with Crippen LogP contribution in [0.3, 0.4) is 0 Å². The fourth-order valence-corrected chi connectivity index (χ4v) is 3.80. The lowest BCUT2D eigenvalue weighted by Crippen LogP contribution is -2.41. The van der Waals surface area contributed by atoms with E-state index in [1.165, 1.54) is 24.3 Å². The monoisotopic (exact) mass is 407 g/mol.